The van der Waals surface area contributed by atoms with E-state index in [9.17, 15) is 14.4 Å². The van der Waals surface area contributed by atoms with E-state index in [-0.39, 0.29) is 47.9 Å². The van der Waals surface area contributed by atoms with Crippen molar-refractivity contribution in [1.29, 1.82) is 0 Å². The molecule has 3 amide bonds. The Morgan fingerprint density at radius 2 is 1.73 bits per heavy atom. The van der Waals surface area contributed by atoms with Crippen molar-refractivity contribution in [2.45, 2.75) is 6.42 Å². The highest BCUT2D eigenvalue weighted by atomic mass is 16.5. The number of carbonyl (C=O) groups excluding carboxylic acids is 3. The number of rotatable bonds is 4. The van der Waals surface area contributed by atoms with Crippen molar-refractivity contribution in [3.05, 3.63) is 36.4 Å². The lowest BCUT2D eigenvalue weighted by molar-refractivity contribution is -0.142. The molecule has 26 heavy (non-hydrogen) atoms. The second-order valence-electron chi connectivity index (χ2n) is 7.67. The average Bonchev–Trinajstić information content (AvgIpc) is 3.43. The first-order valence-electron chi connectivity index (χ1n) is 9.06. The average molecular weight is 352 g/mol. The van der Waals surface area contributed by atoms with Crippen LogP contribution in [0.2, 0.25) is 0 Å². The zero-order chi connectivity index (χ0) is 18.0. The molecule has 0 aromatic heterocycles. The van der Waals surface area contributed by atoms with Gasteiger partial charge in [0.1, 0.15) is 12.3 Å². The molecular weight excluding hydrogens is 332 g/mol. The van der Waals surface area contributed by atoms with E-state index in [0.29, 0.717) is 23.3 Å². The van der Waals surface area contributed by atoms with Gasteiger partial charge in [-0.1, -0.05) is 24.3 Å². The van der Waals surface area contributed by atoms with Crippen molar-refractivity contribution in [2.75, 3.05) is 19.0 Å². The predicted octanol–water partition coefficient (Wildman–Crippen LogP) is 1.69. The van der Waals surface area contributed by atoms with Crippen LogP contribution >= 0.6 is 0 Å². The molecule has 4 aliphatic carbocycles. The molecule has 6 rings (SSSR count). The Hall–Kier alpha value is -2.63. The molecule has 1 N–H and O–H groups in total. The van der Waals surface area contributed by atoms with Gasteiger partial charge in [-0.05, 0) is 42.2 Å². The Morgan fingerprint density at radius 3 is 2.35 bits per heavy atom. The van der Waals surface area contributed by atoms with Gasteiger partial charge in [0.2, 0.25) is 17.7 Å². The van der Waals surface area contributed by atoms with Crippen molar-refractivity contribution < 1.29 is 19.1 Å². The molecule has 3 fully saturated rings. The maximum Gasteiger partial charge on any atom is 0.244 e. The van der Waals surface area contributed by atoms with Crippen LogP contribution in [0.3, 0.4) is 0 Å². The lowest BCUT2D eigenvalue weighted by atomic mass is 9.63. The normalized spacial score (nSPS) is 36.0. The van der Waals surface area contributed by atoms with Crippen LogP contribution in [0, 0.1) is 35.5 Å². The number of allylic oxidation sites excluding steroid dienone is 2. The number of imide groups is 1. The van der Waals surface area contributed by atoms with Gasteiger partial charge in [-0.25, -0.2) is 0 Å². The minimum atomic E-state index is -0.389. The Morgan fingerprint density at radius 1 is 1.12 bits per heavy atom. The lowest BCUT2D eigenvalue weighted by Crippen LogP contribution is -2.40. The number of amides is 3. The molecular formula is C20H20N2O4. The molecule has 5 aliphatic rings. The first-order valence-corrected chi connectivity index (χ1v) is 9.06. The Kier molecular flexibility index (Phi) is 3.26. The molecule has 0 unspecified atom stereocenters. The fourth-order valence-electron chi connectivity index (χ4n) is 5.26. The van der Waals surface area contributed by atoms with Crippen LogP contribution in [0.1, 0.15) is 6.42 Å². The molecule has 1 saturated heterocycles. The quantitative estimate of drug-likeness (QED) is 0.661. The van der Waals surface area contributed by atoms with Crippen molar-refractivity contribution >= 4 is 23.4 Å². The monoisotopic (exact) mass is 352 g/mol. The molecule has 0 radical (unpaired) electrons. The summed E-state index contributed by atoms with van der Waals surface area (Å²) in [6.45, 7) is -0.239. The van der Waals surface area contributed by atoms with E-state index in [4.69, 9.17) is 4.74 Å². The number of benzene rings is 1. The van der Waals surface area contributed by atoms with Gasteiger partial charge in [0.15, 0.2) is 0 Å². The molecule has 1 aliphatic heterocycles. The summed E-state index contributed by atoms with van der Waals surface area (Å²) in [5.74, 6) is 0.731. The molecule has 134 valence electrons. The summed E-state index contributed by atoms with van der Waals surface area (Å²) in [7, 11) is 1.53. The number of methoxy groups -OCH3 is 1. The second-order valence-corrected chi connectivity index (χ2v) is 7.67. The van der Waals surface area contributed by atoms with Gasteiger partial charge >= 0.3 is 0 Å². The van der Waals surface area contributed by atoms with Crippen LogP contribution in [0.5, 0.6) is 5.75 Å². The standard InChI is InChI=1S/C20H20N2O4/c1-26-15-5-3-2-4-14(15)21-16(23)9-22-19(24)17-10-6-7-11(13-8-12(10)13)18(17)20(22)25/h2-7,10-13,17-18H,8-9H2,1H3,(H,21,23)/t10-,11-,12-,13-,17-,18+/m0/s1. The van der Waals surface area contributed by atoms with Crippen LogP contribution in [0.4, 0.5) is 5.69 Å². The molecule has 6 atom stereocenters. The molecule has 1 aromatic carbocycles. The third kappa shape index (κ3) is 2.08. The van der Waals surface area contributed by atoms with Crippen molar-refractivity contribution in [1.82, 2.24) is 4.90 Å². The highest BCUT2D eigenvalue weighted by Gasteiger charge is 2.67. The summed E-state index contributed by atoms with van der Waals surface area (Å²) < 4.78 is 5.22. The number of para-hydroxylation sites is 2. The molecule has 6 heteroatoms. The number of nitrogens with one attached hydrogen (secondary N) is 1. The smallest absolute Gasteiger partial charge is 0.244 e. The number of nitrogens with zero attached hydrogens (tertiary/aromatic N) is 1. The van der Waals surface area contributed by atoms with Crippen molar-refractivity contribution in [3.8, 4) is 5.75 Å². The first-order chi connectivity index (χ1) is 12.6. The van der Waals surface area contributed by atoms with Crippen molar-refractivity contribution in [3.63, 3.8) is 0 Å². The summed E-state index contributed by atoms with van der Waals surface area (Å²) in [5.41, 5.74) is 0.527. The lowest BCUT2D eigenvalue weighted by Gasteiger charge is -2.37. The van der Waals surface area contributed by atoms with Gasteiger partial charge in [0, 0.05) is 0 Å². The van der Waals surface area contributed by atoms with Crippen LogP contribution in [0.15, 0.2) is 36.4 Å². The van der Waals surface area contributed by atoms with E-state index in [1.165, 1.54) is 7.11 Å². The summed E-state index contributed by atoms with van der Waals surface area (Å²) >= 11 is 0. The fourth-order valence-corrected chi connectivity index (χ4v) is 5.26. The van der Waals surface area contributed by atoms with Crippen molar-refractivity contribution in [2.24, 2.45) is 35.5 Å². The van der Waals surface area contributed by atoms with Gasteiger partial charge in [-0.2, -0.15) is 0 Å². The number of ether oxygens (including phenoxy) is 1. The van der Waals surface area contributed by atoms with Crippen LogP contribution in [-0.4, -0.2) is 36.3 Å². The summed E-state index contributed by atoms with van der Waals surface area (Å²) in [6, 6.07) is 7.06. The van der Waals surface area contributed by atoms with E-state index < -0.39 is 0 Å². The predicted molar refractivity (Wildman–Crippen MR) is 93.0 cm³/mol. The van der Waals surface area contributed by atoms with E-state index in [1.54, 1.807) is 24.3 Å². The maximum atomic E-state index is 12.9. The van der Waals surface area contributed by atoms with E-state index in [1.807, 2.05) is 0 Å². The Labute approximate surface area is 151 Å². The number of likely N-dealkylation sites (tertiary alicyclic amines) is 1. The molecule has 6 nitrogen and oxygen atoms in total. The zero-order valence-electron chi connectivity index (χ0n) is 14.4. The molecule has 1 heterocycles. The largest absolute Gasteiger partial charge is 0.495 e. The van der Waals surface area contributed by atoms with Gasteiger partial charge < -0.3 is 10.1 Å². The molecule has 2 saturated carbocycles. The highest BCUT2D eigenvalue weighted by Crippen LogP contribution is 2.65. The molecule has 2 bridgehead atoms. The van der Waals surface area contributed by atoms with E-state index in [2.05, 4.69) is 17.5 Å². The summed E-state index contributed by atoms with van der Waals surface area (Å²) in [4.78, 5) is 39.4. The van der Waals surface area contributed by atoms with E-state index in [0.717, 1.165) is 11.3 Å². The second kappa shape index (κ2) is 5.43. The molecule has 1 aromatic rings. The number of hydrogen-bond acceptors (Lipinski definition) is 4. The zero-order valence-corrected chi connectivity index (χ0v) is 14.4. The van der Waals surface area contributed by atoms with Crippen LogP contribution in [-0.2, 0) is 14.4 Å². The van der Waals surface area contributed by atoms with Crippen LogP contribution in [0.25, 0.3) is 0 Å². The minimum Gasteiger partial charge on any atom is -0.495 e. The SMILES string of the molecule is COc1ccccc1NC(=O)CN1C(=O)[C@@H]2[C@H]3C=C[C@@H]([C@@H]4C[C@@H]34)[C@@H]2C1=O. The topological polar surface area (TPSA) is 75.7 Å². The van der Waals surface area contributed by atoms with Gasteiger partial charge in [0.05, 0.1) is 24.6 Å². The maximum absolute atomic E-state index is 12.9. The Balaban J connectivity index is 1.33. The summed E-state index contributed by atoms with van der Waals surface area (Å²) in [5, 5.41) is 2.74. The Bertz CT molecular complexity index is 812. The number of anilines is 1. The number of carbonyl (C=O) groups is 3. The first kappa shape index (κ1) is 15.6. The van der Waals surface area contributed by atoms with Crippen LogP contribution < -0.4 is 10.1 Å². The van der Waals surface area contributed by atoms with Gasteiger partial charge in [0.25, 0.3) is 0 Å². The third-order valence-electron chi connectivity index (χ3n) is 6.44. The number of hydrogen-bond donors (Lipinski definition) is 1. The summed E-state index contributed by atoms with van der Waals surface area (Å²) in [6.07, 6.45) is 5.39. The van der Waals surface area contributed by atoms with Gasteiger partial charge in [-0.3, -0.25) is 19.3 Å². The van der Waals surface area contributed by atoms with E-state index >= 15 is 0 Å². The third-order valence-corrected chi connectivity index (χ3v) is 6.44. The highest BCUT2D eigenvalue weighted by molar-refractivity contribution is 6.09. The minimum absolute atomic E-state index is 0.175. The van der Waals surface area contributed by atoms with Gasteiger partial charge in [-0.15, -0.1) is 0 Å². The molecule has 0 spiro atoms. The fraction of sp³-hybridized carbons (Fsp3) is 0.450.